The molecule has 4 rings (SSSR count). The van der Waals surface area contributed by atoms with Crippen LogP contribution in [0.2, 0.25) is 0 Å². The number of aryl methyl sites for hydroxylation is 2. The topological polar surface area (TPSA) is 70.9 Å². The van der Waals surface area contributed by atoms with Gasteiger partial charge in [0, 0.05) is 29.2 Å². The molecule has 0 spiro atoms. The van der Waals surface area contributed by atoms with Gasteiger partial charge in [0.15, 0.2) is 0 Å². The number of nitrogens with zero attached hydrogens (tertiary/aromatic N) is 1. The maximum atomic E-state index is 12.4. The summed E-state index contributed by atoms with van der Waals surface area (Å²) in [6.45, 7) is 4.35. The van der Waals surface area contributed by atoms with E-state index in [0.29, 0.717) is 23.9 Å². The van der Waals surface area contributed by atoms with Crippen molar-refractivity contribution in [1.29, 1.82) is 0 Å². The second kappa shape index (κ2) is 7.11. The average Bonchev–Trinajstić information content (AvgIpc) is 3.24. The molecule has 0 atom stereocenters. The largest absolute Gasteiger partial charge is 0.441 e. The summed E-state index contributed by atoms with van der Waals surface area (Å²) in [5.41, 5.74) is 4.89. The van der Waals surface area contributed by atoms with Crippen LogP contribution >= 0.6 is 0 Å². The van der Waals surface area contributed by atoms with Gasteiger partial charge in [-0.3, -0.25) is 4.79 Å². The van der Waals surface area contributed by atoms with Crippen LogP contribution in [0, 0.1) is 13.8 Å². The van der Waals surface area contributed by atoms with Crippen molar-refractivity contribution < 1.29 is 9.21 Å². The first-order valence-corrected chi connectivity index (χ1v) is 8.95. The van der Waals surface area contributed by atoms with E-state index in [1.807, 2.05) is 68.6 Å². The molecule has 2 aromatic heterocycles. The third-order valence-corrected chi connectivity index (χ3v) is 4.67. The van der Waals surface area contributed by atoms with Crippen LogP contribution in [0.25, 0.3) is 22.4 Å². The van der Waals surface area contributed by atoms with Crippen molar-refractivity contribution in [2.45, 2.75) is 26.8 Å². The third kappa shape index (κ3) is 3.62. The molecule has 5 heteroatoms. The fraction of sp³-hybridized carbons (Fsp3) is 0.182. The van der Waals surface area contributed by atoms with Crippen molar-refractivity contribution in [2.24, 2.45) is 0 Å². The number of aromatic nitrogens is 2. The fourth-order valence-corrected chi connectivity index (χ4v) is 3.10. The average molecular weight is 359 g/mol. The van der Waals surface area contributed by atoms with Crippen molar-refractivity contribution in [3.63, 3.8) is 0 Å². The number of amides is 1. The molecule has 0 aliphatic carbocycles. The lowest BCUT2D eigenvalue weighted by atomic mass is 10.1. The summed E-state index contributed by atoms with van der Waals surface area (Å²) < 4.78 is 5.75. The number of aromatic amines is 1. The minimum Gasteiger partial charge on any atom is -0.441 e. The number of benzene rings is 2. The van der Waals surface area contributed by atoms with Gasteiger partial charge in [-0.15, -0.1) is 0 Å². The van der Waals surface area contributed by atoms with Gasteiger partial charge in [-0.2, -0.15) is 0 Å². The lowest BCUT2D eigenvalue weighted by molar-refractivity contribution is -0.120. The molecule has 0 radical (unpaired) electrons. The zero-order valence-electron chi connectivity index (χ0n) is 15.4. The molecule has 0 fully saturated rings. The van der Waals surface area contributed by atoms with E-state index >= 15 is 0 Å². The lowest BCUT2D eigenvalue weighted by Gasteiger charge is -2.03. The number of carbonyl (C=O) groups excluding carboxylic acids is 1. The van der Waals surface area contributed by atoms with Gasteiger partial charge >= 0.3 is 0 Å². The highest BCUT2D eigenvalue weighted by Crippen LogP contribution is 2.22. The highest BCUT2D eigenvalue weighted by Gasteiger charge is 2.15. The molecule has 0 bridgehead atoms. The van der Waals surface area contributed by atoms with Crippen molar-refractivity contribution in [2.75, 3.05) is 0 Å². The van der Waals surface area contributed by atoms with E-state index in [1.165, 1.54) is 5.56 Å². The van der Waals surface area contributed by atoms with Gasteiger partial charge in [-0.05, 0) is 37.6 Å². The van der Waals surface area contributed by atoms with Crippen LogP contribution in [0.15, 0.2) is 59.1 Å². The Morgan fingerprint density at radius 1 is 1.11 bits per heavy atom. The van der Waals surface area contributed by atoms with Crippen molar-refractivity contribution in [3.05, 3.63) is 77.3 Å². The Labute approximate surface area is 157 Å². The molecule has 4 aromatic rings. The van der Waals surface area contributed by atoms with Gasteiger partial charge in [0.1, 0.15) is 5.76 Å². The number of rotatable bonds is 5. The molecule has 2 N–H and O–H groups in total. The van der Waals surface area contributed by atoms with E-state index in [9.17, 15) is 4.79 Å². The fourth-order valence-electron chi connectivity index (χ4n) is 3.10. The Kier molecular flexibility index (Phi) is 4.50. The van der Waals surface area contributed by atoms with Crippen LogP contribution in [0.3, 0.4) is 0 Å². The van der Waals surface area contributed by atoms with E-state index in [0.717, 1.165) is 22.0 Å². The highest BCUT2D eigenvalue weighted by atomic mass is 16.4. The molecule has 0 aliphatic heterocycles. The summed E-state index contributed by atoms with van der Waals surface area (Å²) >= 11 is 0. The number of nitrogens with one attached hydrogen (secondary N) is 2. The van der Waals surface area contributed by atoms with Crippen molar-refractivity contribution in [3.8, 4) is 11.5 Å². The Hall–Kier alpha value is -3.34. The molecule has 0 saturated heterocycles. The first-order valence-electron chi connectivity index (χ1n) is 8.95. The van der Waals surface area contributed by atoms with Gasteiger partial charge in [0.05, 0.1) is 12.1 Å². The summed E-state index contributed by atoms with van der Waals surface area (Å²) in [5, 5.41) is 4.09. The van der Waals surface area contributed by atoms with E-state index in [4.69, 9.17) is 4.42 Å². The number of fused-ring (bicyclic) bond motifs is 1. The molecule has 27 heavy (non-hydrogen) atoms. The molecular formula is C22H21N3O2. The first-order chi connectivity index (χ1) is 13.1. The minimum absolute atomic E-state index is 0.0767. The first kappa shape index (κ1) is 17.1. The number of hydrogen-bond acceptors (Lipinski definition) is 3. The van der Waals surface area contributed by atoms with Crippen LogP contribution in [0.1, 0.15) is 22.6 Å². The Bertz CT molecular complexity index is 1090. The number of para-hydroxylation sites is 1. The van der Waals surface area contributed by atoms with Gasteiger partial charge in [0.25, 0.3) is 0 Å². The summed E-state index contributed by atoms with van der Waals surface area (Å²) in [6.07, 6.45) is 2.13. The smallest absolute Gasteiger partial charge is 0.226 e. The quantitative estimate of drug-likeness (QED) is 0.558. The molecule has 0 unspecified atom stereocenters. The van der Waals surface area contributed by atoms with Crippen molar-refractivity contribution >= 4 is 16.8 Å². The zero-order valence-corrected chi connectivity index (χ0v) is 15.4. The summed E-state index contributed by atoms with van der Waals surface area (Å²) in [6, 6.07) is 16.0. The SMILES string of the molecule is Cc1ccc(-c2nc(CC(=O)NCc3c[nH]c4ccccc34)c(C)o2)cc1. The minimum atomic E-state index is -0.0767. The number of oxazole rings is 1. The monoisotopic (exact) mass is 359 g/mol. The predicted octanol–water partition coefficient (Wildman–Crippen LogP) is 4.30. The van der Waals surface area contributed by atoms with Crippen LogP contribution in [0.5, 0.6) is 0 Å². The van der Waals surface area contributed by atoms with Crippen LogP contribution < -0.4 is 5.32 Å². The summed E-state index contributed by atoms with van der Waals surface area (Å²) in [5.74, 6) is 1.15. The standard InChI is InChI=1S/C22H21N3O2/c1-14-7-9-16(10-8-14)22-25-20(15(2)27-22)11-21(26)24-13-17-12-23-19-6-4-3-5-18(17)19/h3-10,12,23H,11,13H2,1-2H3,(H,24,26). The van der Waals surface area contributed by atoms with Gasteiger partial charge in [0.2, 0.25) is 11.8 Å². The van der Waals surface area contributed by atoms with Crippen molar-refractivity contribution in [1.82, 2.24) is 15.3 Å². The molecule has 2 heterocycles. The maximum Gasteiger partial charge on any atom is 0.226 e. The Balaban J connectivity index is 1.43. The zero-order chi connectivity index (χ0) is 18.8. The number of hydrogen-bond donors (Lipinski definition) is 2. The van der Waals surface area contributed by atoms with Crippen LogP contribution in [-0.4, -0.2) is 15.9 Å². The molecular weight excluding hydrogens is 338 g/mol. The summed E-state index contributed by atoms with van der Waals surface area (Å²) in [4.78, 5) is 20.1. The number of H-pyrrole nitrogens is 1. The molecule has 0 saturated carbocycles. The Morgan fingerprint density at radius 2 is 1.89 bits per heavy atom. The van der Waals surface area contributed by atoms with E-state index in [2.05, 4.69) is 15.3 Å². The third-order valence-electron chi connectivity index (χ3n) is 4.67. The second-order valence-electron chi connectivity index (χ2n) is 6.70. The van der Waals surface area contributed by atoms with E-state index in [-0.39, 0.29) is 12.3 Å². The normalized spacial score (nSPS) is 11.0. The molecule has 0 aliphatic rings. The predicted molar refractivity (Wildman–Crippen MR) is 105 cm³/mol. The van der Waals surface area contributed by atoms with Crippen LogP contribution in [0.4, 0.5) is 0 Å². The van der Waals surface area contributed by atoms with E-state index < -0.39 is 0 Å². The highest BCUT2D eigenvalue weighted by molar-refractivity contribution is 5.84. The second-order valence-corrected chi connectivity index (χ2v) is 6.70. The summed E-state index contributed by atoms with van der Waals surface area (Å²) in [7, 11) is 0. The van der Waals surface area contributed by atoms with Gasteiger partial charge in [-0.1, -0.05) is 35.9 Å². The van der Waals surface area contributed by atoms with E-state index in [1.54, 1.807) is 0 Å². The number of carbonyl (C=O) groups is 1. The molecule has 136 valence electrons. The Morgan fingerprint density at radius 3 is 2.70 bits per heavy atom. The van der Waals surface area contributed by atoms with Gasteiger partial charge in [-0.25, -0.2) is 4.98 Å². The molecule has 1 amide bonds. The molecule has 5 nitrogen and oxygen atoms in total. The lowest BCUT2D eigenvalue weighted by Crippen LogP contribution is -2.24. The van der Waals surface area contributed by atoms with Crippen LogP contribution in [-0.2, 0) is 17.8 Å². The van der Waals surface area contributed by atoms with Gasteiger partial charge < -0.3 is 14.7 Å². The molecule has 2 aromatic carbocycles. The maximum absolute atomic E-state index is 12.4.